The molecule has 1 aromatic carbocycles. The van der Waals surface area contributed by atoms with E-state index in [4.69, 9.17) is 5.11 Å². The Morgan fingerprint density at radius 1 is 1.43 bits per heavy atom. The van der Waals surface area contributed by atoms with Gasteiger partial charge in [0, 0.05) is 12.6 Å². The molecule has 3 N–H and O–H groups in total. The molecule has 1 rings (SSSR count). The van der Waals surface area contributed by atoms with Crippen LogP contribution in [0.4, 0.5) is 5.69 Å². The smallest absolute Gasteiger partial charge is 0.312 e. The van der Waals surface area contributed by atoms with Gasteiger partial charge in [0.05, 0.1) is 15.2 Å². The van der Waals surface area contributed by atoms with Gasteiger partial charge in [0.1, 0.15) is 0 Å². The van der Waals surface area contributed by atoms with E-state index in [1.165, 1.54) is 13.8 Å². The number of nitrogens with zero attached hydrogens (tertiary/aromatic N) is 1. The third-order valence-corrected chi connectivity index (χ3v) is 4.14. The lowest BCUT2D eigenvalue weighted by Crippen LogP contribution is -2.38. The number of aromatic hydroxyl groups is 1. The van der Waals surface area contributed by atoms with Crippen molar-refractivity contribution >= 4 is 21.7 Å². The molecule has 0 atom stereocenters. The van der Waals surface area contributed by atoms with E-state index in [1.807, 2.05) is 0 Å². The average Bonchev–Trinajstić information content (AvgIpc) is 2.36. The molecule has 0 radical (unpaired) electrons. The Morgan fingerprint density at radius 3 is 2.48 bits per heavy atom. The second kappa shape index (κ2) is 5.66. The van der Waals surface area contributed by atoms with Gasteiger partial charge in [-0.15, -0.1) is 0 Å². The van der Waals surface area contributed by atoms with Gasteiger partial charge in [0.2, 0.25) is 10.0 Å². The molecule has 1 aromatic rings. The molecule has 0 spiro atoms. The van der Waals surface area contributed by atoms with E-state index in [2.05, 4.69) is 4.72 Å². The van der Waals surface area contributed by atoms with Gasteiger partial charge in [-0.05, 0) is 26.0 Å². The lowest BCUT2D eigenvalue weighted by Gasteiger charge is -2.19. The molecular weight excluding hydrogens is 304 g/mol. The van der Waals surface area contributed by atoms with Gasteiger partial charge in [-0.1, -0.05) is 0 Å². The number of carboxylic acids is 1. The largest absolute Gasteiger partial charge is 0.502 e. The number of benzene rings is 1. The molecule has 9 nitrogen and oxygen atoms in total. The van der Waals surface area contributed by atoms with Crippen LogP contribution in [-0.4, -0.2) is 36.1 Å². The summed E-state index contributed by atoms with van der Waals surface area (Å²) in [5, 5.41) is 28.8. The van der Waals surface area contributed by atoms with Crippen molar-refractivity contribution in [3.63, 3.8) is 0 Å². The van der Waals surface area contributed by atoms with Crippen LogP contribution in [0.2, 0.25) is 0 Å². The van der Waals surface area contributed by atoms with Gasteiger partial charge in [0.15, 0.2) is 5.75 Å². The number of nitro groups is 1. The number of phenolic OH excluding ortho intramolecular Hbond substituents is 1. The minimum Gasteiger partial charge on any atom is -0.502 e. The van der Waals surface area contributed by atoms with Crippen molar-refractivity contribution < 1.29 is 28.3 Å². The van der Waals surface area contributed by atoms with Gasteiger partial charge in [-0.3, -0.25) is 14.9 Å². The van der Waals surface area contributed by atoms with Crippen molar-refractivity contribution in [3.8, 4) is 5.75 Å². The third-order valence-electron chi connectivity index (χ3n) is 2.74. The zero-order valence-corrected chi connectivity index (χ0v) is 12.0. The van der Waals surface area contributed by atoms with Crippen LogP contribution >= 0.6 is 0 Å². The topological polar surface area (TPSA) is 147 Å². The Bertz CT molecular complexity index is 682. The van der Waals surface area contributed by atoms with Crippen LogP contribution in [0, 0.1) is 15.5 Å². The molecule has 0 aliphatic heterocycles. The second-order valence-corrected chi connectivity index (χ2v) is 6.69. The summed E-state index contributed by atoms with van der Waals surface area (Å²) >= 11 is 0. The second-order valence-electron chi connectivity index (χ2n) is 4.92. The van der Waals surface area contributed by atoms with E-state index in [0.717, 1.165) is 12.1 Å². The summed E-state index contributed by atoms with van der Waals surface area (Å²) < 4.78 is 26.0. The molecule has 10 heteroatoms. The highest BCUT2D eigenvalue weighted by Gasteiger charge is 2.30. The van der Waals surface area contributed by atoms with Crippen LogP contribution in [0.5, 0.6) is 5.75 Å². The Morgan fingerprint density at radius 2 is 2.00 bits per heavy atom. The first-order valence-electron chi connectivity index (χ1n) is 5.68. The summed E-state index contributed by atoms with van der Waals surface area (Å²) in [6, 6.07) is 2.57. The van der Waals surface area contributed by atoms with Crippen molar-refractivity contribution in [2.24, 2.45) is 5.41 Å². The number of nitro benzene ring substituents is 1. The standard InChI is InChI=1S/C11H14N2O7S/c1-11(2,10(15)16)6-12-21(19,20)7-3-4-9(14)8(5-7)13(17)18/h3-5,12,14H,6H2,1-2H3,(H,15,16). The minimum absolute atomic E-state index is 0.390. The van der Waals surface area contributed by atoms with Crippen LogP contribution < -0.4 is 4.72 Å². The van der Waals surface area contributed by atoms with Crippen LogP contribution in [0.3, 0.4) is 0 Å². The summed E-state index contributed by atoms with van der Waals surface area (Å²) in [7, 11) is -4.13. The summed E-state index contributed by atoms with van der Waals surface area (Å²) in [5.41, 5.74) is -2.09. The predicted octanol–water partition coefficient (Wildman–Crippen LogP) is 0.690. The van der Waals surface area contributed by atoms with Crippen LogP contribution in [0.1, 0.15) is 13.8 Å². The Labute approximate surface area is 120 Å². The Balaban J connectivity index is 3.07. The third kappa shape index (κ3) is 3.89. The van der Waals surface area contributed by atoms with Gasteiger partial charge in [-0.25, -0.2) is 13.1 Å². The van der Waals surface area contributed by atoms with Crippen molar-refractivity contribution in [1.82, 2.24) is 4.72 Å². The molecule has 0 saturated heterocycles. The fourth-order valence-corrected chi connectivity index (χ4v) is 2.48. The van der Waals surface area contributed by atoms with Gasteiger partial charge in [0.25, 0.3) is 0 Å². The van der Waals surface area contributed by atoms with Crippen LogP contribution in [-0.2, 0) is 14.8 Å². The highest BCUT2D eigenvalue weighted by Crippen LogP contribution is 2.28. The normalized spacial score (nSPS) is 12.1. The number of carbonyl (C=O) groups is 1. The first kappa shape index (κ1) is 16.9. The monoisotopic (exact) mass is 318 g/mol. The molecule has 116 valence electrons. The van der Waals surface area contributed by atoms with Crippen molar-refractivity contribution in [2.75, 3.05) is 6.54 Å². The molecule has 0 saturated carbocycles. The maximum Gasteiger partial charge on any atom is 0.312 e. The fraction of sp³-hybridized carbons (Fsp3) is 0.364. The van der Waals surface area contributed by atoms with Gasteiger partial charge in [-0.2, -0.15) is 0 Å². The molecule has 0 heterocycles. The maximum atomic E-state index is 12.0. The van der Waals surface area contributed by atoms with Crippen molar-refractivity contribution in [2.45, 2.75) is 18.7 Å². The van der Waals surface area contributed by atoms with Crippen molar-refractivity contribution in [1.29, 1.82) is 0 Å². The Kier molecular flexibility index (Phi) is 4.54. The first-order chi connectivity index (χ1) is 9.47. The number of aliphatic carboxylic acids is 1. The summed E-state index contributed by atoms with van der Waals surface area (Å²) in [6.07, 6.45) is 0. The zero-order valence-electron chi connectivity index (χ0n) is 11.2. The summed E-state index contributed by atoms with van der Waals surface area (Å²) in [6.45, 7) is 2.27. The lowest BCUT2D eigenvalue weighted by atomic mass is 9.95. The van der Waals surface area contributed by atoms with E-state index < -0.39 is 42.7 Å². The summed E-state index contributed by atoms with van der Waals surface area (Å²) in [4.78, 5) is 20.2. The van der Waals surface area contributed by atoms with Crippen LogP contribution in [0.25, 0.3) is 0 Å². The van der Waals surface area contributed by atoms with E-state index in [1.54, 1.807) is 0 Å². The quantitative estimate of drug-likeness (QED) is 0.516. The van der Waals surface area contributed by atoms with E-state index in [0.29, 0.717) is 6.07 Å². The molecule has 0 aliphatic rings. The first-order valence-corrected chi connectivity index (χ1v) is 7.16. The van der Waals surface area contributed by atoms with E-state index in [9.17, 15) is 28.4 Å². The van der Waals surface area contributed by atoms with E-state index in [-0.39, 0.29) is 6.54 Å². The van der Waals surface area contributed by atoms with Crippen molar-refractivity contribution in [3.05, 3.63) is 28.3 Å². The number of hydrogen-bond donors (Lipinski definition) is 3. The molecular formula is C11H14N2O7S. The zero-order chi connectivity index (χ0) is 16.4. The maximum absolute atomic E-state index is 12.0. The molecule has 0 bridgehead atoms. The summed E-state index contributed by atoms with van der Waals surface area (Å²) in [5.74, 6) is -1.85. The number of carboxylic acid groups (broad SMARTS) is 1. The van der Waals surface area contributed by atoms with Gasteiger partial charge >= 0.3 is 11.7 Å². The number of nitrogens with one attached hydrogen (secondary N) is 1. The number of hydrogen-bond acceptors (Lipinski definition) is 6. The number of rotatable bonds is 6. The van der Waals surface area contributed by atoms with Crippen LogP contribution in [0.15, 0.2) is 23.1 Å². The number of phenols is 1. The SMILES string of the molecule is CC(C)(CNS(=O)(=O)c1ccc(O)c([N+](=O)[O-])c1)C(=O)O. The van der Waals surface area contributed by atoms with E-state index >= 15 is 0 Å². The molecule has 0 aromatic heterocycles. The highest BCUT2D eigenvalue weighted by atomic mass is 32.2. The number of sulfonamides is 1. The van der Waals surface area contributed by atoms with Gasteiger partial charge < -0.3 is 10.2 Å². The molecule has 0 amide bonds. The molecule has 0 fully saturated rings. The predicted molar refractivity (Wildman–Crippen MR) is 71.4 cm³/mol. The molecule has 0 unspecified atom stereocenters. The minimum atomic E-state index is -4.13. The highest BCUT2D eigenvalue weighted by molar-refractivity contribution is 7.89. The molecule has 21 heavy (non-hydrogen) atoms. The fourth-order valence-electron chi connectivity index (χ4n) is 1.25. The molecule has 0 aliphatic carbocycles. The Hall–Kier alpha value is -2.20. The average molecular weight is 318 g/mol. The lowest BCUT2D eigenvalue weighted by molar-refractivity contribution is -0.386.